The summed E-state index contributed by atoms with van der Waals surface area (Å²) >= 11 is 0. The molecule has 0 unspecified atom stereocenters. The molecule has 1 aliphatic carbocycles. The van der Waals surface area contributed by atoms with E-state index in [4.69, 9.17) is 4.74 Å². The summed E-state index contributed by atoms with van der Waals surface area (Å²) in [4.78, 5) is 38.3. The zero-order valence-corrected chi connectivity index (χ0v) is 16.4. The summed E-state index contributed by atoms with van der Waals surface area (Å²) in [6.45, 7) is 1.41. The smallest absolute Gasteiger partial charge is 0.326 e. The van der Waals surface area contributed by atoms with Gasteiger partial charge >= 0.3 is 5.97 Å². The van der Waals surface area contributed by atoms with Crippen molar-refractivity contribution >= 4 is 17.8 Å². The first-order valence-electron chi connectivity index (χ1n) is 9.85. The minimum absolute atomic E-state index is 0.00352. The van der Waals surface area contributed by atoms with Gasteiger partial charge in [-0.05, 0) is 42.9 Å². The van der Waals surface area contributed by atoms with Crippen molar-refractivity contribution in [2.45, 2.75) is 63.6 Å². The first kappa shape index (κ1) is 20.2. The lowest BCUT2D eigenvalue weighted by molar-refractivity contribution is -0.150. The SMILES string of the molecule is COc1ccc([C@H](CC(=O)N2[C@@H]3CCCC[C@@H]3C[C@H]2C(=O)O)NC(C)=O)cc1. The Kier molecular flexibility index (Phi) is 6.21. The van der Waals surface area contributed by atoms with Gasteiger partial charge in [0.2, 0.25) is 11.8 Å². The number of ether oxygens (including phenoxy) is 1. The van der Waals surface area contributed by atoms with Crippen LogP contribution in [-0.4, -0.2) is 47.0 Å². The second-order valence-corrected chi connectivity index (χ2v) is 7.73. The van der Waals surface area contributed by atoms with E-state index in [0.29, 0.717) is 12.2 Å². The van der Waals surface area contributed by atoms with Crippen LogP contribution < -0.4 is 10.1 Å². The quantitative estimate of drug-likeness (QED) is 0.781. The minimum Gasteiger partial charge on any atom is -0.497 e. The van der Waals surface area contributed by atoms with Crippen molar-refractivity contribution in [3.8, 4) is 5.75 Å². The molecule has 0 spiro atoms. The number of methoxy groups -OCH3 is 1. The largest absolute Gasteiger partial charge is 0.497 e. The predicted octanol–water partition coefficient (Wildman–Crippen LogP) is 2.51. The molecule has 1 aromatic rings. The number of benzene rings is 1. The van der Waals surface area contributed by atoms with Gasteiger partial charge < -0.3 is 20.1 Å². The third-order valence-electron chi connectivity index (χ3n) is 5.94. The molecule has 1 aromatic carbocycles. The molecule has 0 bridgehead atoms. The number of likely N-dealkylation sites (tertiary alicyclic amines) is 1. The summed E-state index contributed by atoms with van der Waals surface area (Å²) in [7, 11) is 1.57. The lowest BCUT2D eigenvalue weighted by atomic mass is 9.84. The molecule has 2 N–H and O–H groups in total. The number of hydrogen-bond donors (Lipinski definition) is 2. The van der Waals surface area contributed by atoms with Crippen molar-refractivity contribution < 1.29 is 24.2 Å². The highest BCUT2D eigenvalue weighted by Crippen LogP contribution is 2.40. The Balaban J connectivity index is 1.81. The van der Waals surface area contributed by atoms with E-state index < -0.39 is 18.1 Å². The Labute approximate surface area is 165 Å². The van der Waals surface area contributed by atoms with Gasteiger partial charge in [-0.2, -0.15) is 0 Å². The molecule has 1 saturated carbocycles. The molecule has 2 fully saturated rings. The summed E-state index contributed by atoms with van der Waals surface area (Å²) in [6.07, 6.45) is 4.51. The second-order valence-electron chi connectivity index (χ2n) is 7.73. The van der Waals surface area contributed by atoms with Crippen molar-refractivity contribution in [2.24, 2.45) is 5.92 Å². The summed E-state index contributed by atoms with van der Waals surface area (Å²) in [6, 6.07) is 5.91. The second kappa shape index (κ2) is 8.63. The topological polar surface area (TPSA) is 95.9 Å². The first-order chi connectivity index (χ1) is 13.4. The highest BCUT2D eigenvalue weighted by atomic mass is 16.5. The molecular weight excluding hydrogens is 360 g/mol. The summed E-state index contributed by atoms with van der Waals surface area (Å²) in [5, 5.41) is 12.5. The Morgan fingerprint density at radius 2 is 1.89 bits per heavy atom. The number of carbonyl (C=O) groups excluding carboxylic acids is 2. The number of nitrogens with zero attached hydrogens (tertiary/aromatic N) is 1. The summed E-state index contributed by atoms with van der Waals surface area (Å²) in [5.74, 6) is -0.439. The zero-order valence-electron chi connectivity index (χ0n) is 16.4. The predicted molar refractivity (Wildman–Crippen MR) is 103 cm³/mol. The fourth-order valence-electron chi connectivity index (χ4n) is 4.65. The number of hydrogen-bond acceptors (Lipinski definition) is 4. The average molecular weight is 388 g/mol. The van der Waals surface area contributed by atoms with Crippen LogP contribution in [0.5, 0.6) is 5.75 Å². The van der Waals surface area contributed by atoms with E-state index in [0.717, 1.165) is 31.2 Å². The number of amides is 2. The molecule has 2 aliphatic rings. The lowest BCUT2D eigenvalue weighted by Crippen LogP contribution is -2.47. The number of aliphatic carboxylic acids is 1. The van der Waals surface area contributed by atoms with Crippen LogP contribution in [-0.2, 0) is 14.4 Å². The van der Waals surface area contributed by atoms with E-state index in [1.54, 1.807) is 24.1 Å². The maximum absolute atomic E-state index is 13.2. The van der Waals surface area contributed by atoms with Crippen molar-refractivity contribution in [2.75, 3.05) is 7.11 Å². The highest BCUT2D eigenvalue weighted by molar-refractivity contribution is 5.85. The third-order valence-corrected chi connectivity index (χ3v) is 5.94. The molecule has 7 nitrogen and oxygen atoms in total. The normalized spacial score (nSPS) is 24.9. The van der Waals surface area contributed by atoms with Gasteiger partial charge in [0.05, 0.1) is 19.6 Å². The number of carboxylic acid groups (broad SMARTS) is 1. The molecule has 0 radical (unpaired) electrons. The van der Waals surface area contributed by atoms with Gasteiger partial charge in [-0.15, -0.1) is 0 Å². The molecule has 1 aliphatic heterocycles. The molecule has 1 saturated heterocycles. The van der Waals surface area contributed by atoms with Crippen LogP contribution in [0.25, 0.3) is 0 Å². The highest BCUT2D eigenvalue weighted by Gasteiger charge is 2.47. The summed E-state index contributed by atoms with van der Waals surface area (Å²) < 4.78 is 5.16. The standard InChI is InChI=1S/C21H28N2O5/c1-13(24)22-17(14-7-9-16(28-2)10-8-14)12-20(25)23-18-6-4-3-5-15(18)11-19(23)21(26)27/h7-10,15,17-19H,3-6,11-12H2,1-2H3,(H,22,24)(H,26,27)/t15-,17+,18-,19+/m1/s1. The van der Waals surface area contributed by atoms with Gasteiger partial charge in [0, 0.05) is 13.0 Å². The monoisotopic (exact) mass is 388 g/mol. The molecule has 1 heterocycles. The number of fused-ring (bicyclic) bond motifs is 1. The fraction of sp³-hybridized carbons (Fsp3) is 0.571. The van der Waals surface area contributed by atoms with Crippen LogP contribution in [0, 0.1) is 5.92 Å². The summed E-state index contributed by atoms with van der Waals surface area (Å²) in [5.41, 5.74) is 0.788. The Morgan fingerprint density at radius 1 is 1.21 bits per heavy atom. The van der Waals surface area contributed by atoms with E-state index in [-0.39, 0.29) is 30.2 Å². The fourth-order valence-corrected chi connectivity index (χ4v) is 4.65. The number of rotatable bonds is 6. The lowest BCUT2D eigenvalue weighted by Gasteiger charge is -2.34. The van der Waals surface area contributed by atoms with Gasteiger partial charge in [-0.3, -0.25) is 9.59 Å². The molecule has 7 heteroatoms. The maximum atomic E-state index is 13.2. The molecule has 152 valence electrons. The zero-order chi connectivity index (χ0) is 20.3. The van der Waals surface area contributed by atoms with Crippen LogP contribution in [0.1, 0.15) is 57.1 Å². The van der Waals surface area contributed by atoms with E-state index in [1.807, 2.05) is 12.1 Å². The number of carboxylic acids is 1. The van der Waals surface area contributed by atoms with E-state index in [9.17, 15) is 19.5 Å². The van der Waals surface area contributed by atoms with Gasteiger partial charge in [0.1, 0.15) is 11.8 Å². The van der Waals surface area contributed by atoms with Gasteiger partial charge in [0.15, 0.2) is 0 Å². The Hall–Kier alpha value is -2.57. The van der Waals surface area contributed by atoms with Crippen molar-refractivity contribution in [1.29, 1.82) is 0 Å². The van der Waals surface area contributed by atoms with Crippen LogP contribution in [0.15, 0.2) is 24.3 Å². The van der Waals surface area contributed by atoms with Crippen molar-refractivity contribution in [1.82, 2.24) is 10.2 Å². The van der Waals surface area contributed by atoms with Crippen LogP contribution >= 0.6 is 0 Å². The van der Waals surface area contributed by atoms with Crippen molar-refractivity contribution in [3.63, 3.8) is 0 Å². The van der Waals surface area contributed by atoms with E-state index in [1.165, 1.54) is 6.92 Å². The van der Waals surface area contributed by atoms with E-state index in [2.05, 4.69) is 5.32 Å². The number of nitrogens with one attached hydrogen (secondary N) is 1. The third kappa shape index (κ3) is 4.29. The van der Waals surface area contributed by atoms with Crippen LogP contribution in [0.4, 0.5) is 0 Å². The number of carbonyl (C=O) groups is 3. The molecule has 4 atom stereocenters. The molecular formula is C21H28N2O5. The maximum Gasteiger partial charge on any atom is 0.326 e. The first-order valence-corrected chi connectivity index (χ1v) is 9.85. The molecule has 0 aromatic heterocycles. The van der Waals surface area contributed by atoms with Crippen LogP contribution in [0.3, 0.4) is 0 Å². The Morgan fingerprint density at radius 3 is 2.50 bits per heavy atom. The Bertz CT molecular complexity index is 733. The van der Waals surface area contributed by atoms with Gasteiger partial charge in [-0.1, -0.05) is 25.0 Å². The van der Waals surface area contributed by atoms with Gasteiger partial charge in [-0.25, -0.2) is 4.79 Å². The van der Waals surface area contributed by atoms with Gasteiger partial charge in [0.25, 0.3) is 0 Å². The van der Waals surface area contributed by atoms with E-state index >= 15 is 0 Å². The van der Waals surface area contributed by atoms with Crippen LogP contribution in [0.2, 0.25) is 0 Å². The van der Waals surface area contributed by atoms with Crippen molar-refractivity contribution in [3.05, 3.63) is 29.8 Å². The molecule has 28 heavy (non-hydrogen) atoms. The average Bonchev–Trinajstić information content (AvgIpc) is 3.07. The molecule has 2 amide bonds. The molecule has 3 rings (SSSR count). The minimum atomic E-state index is -0.941.